The van der Waals surface area contributed by atoms with Crippen LogP contribution in [0.25, 0.3) is 11.7 Å². The first-order valence-corrected chi connectivity index (χ1v) is 7.14. The topological polar surface area (TPSA) is 74.1 Å². The van der Waals surface area contributed by atoms with Gasteiger partial charge < -0.3 is 13.4 Å². The molecule has 0 radical (unpaired) electrons. The molecular weight excluding hydrogens is 394 g/mol. The van der Waals surface area contributed by atoms with Crippen LogP contribution in [0.15, 0.2) is 53.2 Å². The Morgan fingerprint density at radius 3 is 2.70 bits per heavy atom. The fourth-order valence-electron chi connectivity index (χ4n) is 1.62. The molecule has 0 N–H and O–H groups in total. The van der Waals surface area contributed by atoms with E-state index in [1.807, 2.05) is 0 Å². The molecule has 0 aliphatic heterocycles. The first-order valence-electron chi connectivity index (χ1n) is 5.56. The zero-order chi connectivity index (χ0) is 14.1. The van der Waals surface area contributed by atoms with Crippen molar-refractivity contribution in [2.24, 2.45) is 0 Å². The van der Waals surface area contributed by atoms with Crippen LogP contribution in [0.1, 0.15) is 5.89 Å². The van der Waals surface area contributed by atoms with Crippen LogP contribution < -0.4 is 5.56 Å². The fourth-order valence-corrected chi connectivity index (χ4v) is 2.30. The molecule has 0 bridgehead atoms. The summed E-state index contributed by atoms with van der Waals surface area (Å²) in [7, 11) is 0. The summed E-state index contributed by atoms with van der Waals surface area (Å²) in [6.45, 7) is 0.202. The van der Waals surface area contributed by atoms with Crippen LogP contribution >= 0.6 is 31.9 Å². The maximum atomic E-state index is 11.7. The second-order valence-electron chi connectivity index (χ2n) is 3.92. The highest BCUT2D eigenvalue weighted by Crippen LogP contribution is 2.23. The Bertz CT molecular complexity index is 806. The van der Waals surface area contributed by atoms with Gasteiger partial charge in [0.25, 0.3) is 11.4 Å². The SMILES string of the molecule is O=c1ccc(Br)cn1Cc1nnc(-c2ccc(Br)o2)o1. The second kappa shape index (κ2) is 5.37. The highest BCUT2D eigenvalue weighted by atomic mass is 79.9. The van der Waals surface area contributed by atoms with Crippen molar-refractivity contribution in [2.45, 2.75) is 6.54 Å². The first-order chi connectivity index (χ1) is 9.61. The highest BCUT2D eigenvalue weighted by Gasteiger charge is 2.12. The van der Waals surface area contributed by atoms with Crippen molar-refractivity contribution in [3.63, 3.8) is 0 Å². The minimum atomic E-state index is -0.145. The van der Waals surface area contributed by atoms with E-state index in [9.17, 15) is 4.79 Å². The molecule has 0 amide bonds. The molecule has 3 rings (SSSR count). The molecule has 0 saturated carbocycles. The van der Waals surface area contributed by atoms with Crippen LogP contribution in [0.4, 0.5) is 0 Å². The van der Waals surface area contributed by atoms with Gasteiger partial charge in [0, 0.05) is 16.7 Å². The van der Waals surface area contributed by atoms with E-state index >= 15 is 0 Å². The molecule has 0 aliphatic rings. The summed E-state index contributed by atoms with van der Waals surface area (Å²) >= 11 is 6.51. The average molecular weight is 401 g/mol. The minimum absolute atomic E-state index is 0.145. The molecule has 3 aromatic heterocycles. The summed E-state index contributed by atoms with van der Waals surface area (Å²) in [5, 5.41) is 7.79. The standard InChI is InChI=1S/C12H7Br2N3O3/c13-7-1-4-11(18)17(5-7)6-10-15-16-12(20-10)8-2-3-9(14)19-8/h1-5H,6H2. The molecule has 0 atom stereocenters. The number of aromatic nitrogens is 3. The summed E-state index contributed by atoms with van der Waals surface area (Å²) < 4.78 is 13.6. The lowest BCUT2D eigenvalue weighted by molar-refractivity contribution is 0.461. The van der Waals surface area contributed by atoms with Gasteiger partial charge in [0.05, 0.1) is 0 Å². The smallest absolute Gasteiger partial charge is 0.283 e. The Morgan fingerprint density at radius 2 is 1.95 bits per heavy atom. The Kier molecular flexibility index (Phi) is 3.58. The average Bonchev–Trinajstić information content (AvgIpc) is 3.03. The minimum Gasteiger partial charge on any atom is -0.444 e. The largest absolute Gasteiger partial charge is 0.444 e. The van der Waals surface area contributed by atoms with Gasteiger partial charge >= 0.3 is 0 Å². The van der Waals surface area contributed by atoms with E-state index in [0.717, 1.165) is 4.47 Å². The normalized spacial score (nSPS) is 10.9. The molecule has 0 unspecified atom stereocenters. The Hall–Kier alpha value is -1.67. The molecule has 20 heavy (non-hydrogen) atoms. The summed E-state index contributed by atoms with van der Waals surface area (Å²) in [5.41, 5.74) is -0.145. The van der Waals surface area contributed by atoms with Gasteiger partial charge in [-0.25, -0.2) is 0 Å². The lowest BCUT2D eigenvalue weighted by Crippen LogP contribution is -2.18. The van der Waals surface area contributed by atoms with E-state index < -0.39 is 0 Å². The lowest BCUT2D eigenvalue weighted by atomic mass is 10.4. The van der Waals surface area contributed by atoms with E-state index in [0.29, 0.717) is 16.3 Å². The molecular formula is C12H7Br2N3O3. The maximum absolute atomic E-state index is 11.7. The van der Waals surface area contributed by atoms with Crippen molar-refractivity contribution in [3.05, 3.63) is 55.8 Å². The van der Waals surface area contributed by atoms with E-state index in [2.05, 4.69) is 42.1 Å². The number of pyridine rings is 1. The van der Waals surface area contributed by atoms with E-state index in [1.54, 1.807) is 24.4 Å². The van der Waals surface area contributed by atoms with E-state index in [1.165, 1.54) is 10.6 Å². The van der Waals surface area contributed by atoms with Gasteiger partial charge in [-0.3, -0.25) is 4.79 Å². The predicted molar refractivity (Wildman–Crippen MR) is 77.2 cm³/mol. The second-order valence-corrected chi connectivity index (χ2v) is 5.62. The van der Waals surface area contributed by atoms with E-state index in [-0.39, 0.29) is 18.0 Å². The number of rotatable bonds is 3. The van der Waals surface area contributed by atoms with Crippen molar-refractivity contribution in [1.29, 1.82) is 0 Å². The number of furan rings is 1. The lowest BCUT2D eigenvalue weighted by Gasteiger charge is -2.01. The Labute approximate surface area is 129 Å². The van der Waals surface area contributed by atoms with Crippen molar-refractivity contribution < 1.29 is 8.83 Å². The number of nitrogens with zero attached hydrogens (tertiary/aromatic N) is 3. The fraction of sp³-hybridized carbons (Fsp3) is 0.0833. The van der Waals surface area contributed by atoms with E-state index in [4.69, 9.17) is 8.83 Å². The zero-order valence-corrected chi connectivity index (χ0v) is 13.1. The molecule has 0 fully saturated rings. The van der Waals surface area contributed by atoms with Crippen LogP contribution in [0.2, 0.25) is 0 Å². The van der Waals surface area contributed by atoms with Crippen molar-refractivity contribution in [3.8, 4) is 11.7 Å². The Balaban J connectivity index is 1.87. The van der Waals surface area contributed by atoms with Crippen molar-refractivity contribution >= 4 is 31.9 Å². The highest BCUT2D eigenvalue weighted by molar-refractivity contribution is 9.10. The zero-order valence-electron chi connectivity index (χ0n) is 9.92. The van der Waals surface area contributed by atoms with Crippen molar-refractivity contribution in [2.75, 3.05) is 0 Å². The summed E-state index contributed by atoms with van der Waals surface area (Å²) in [4.78, 5) is 11.7. The van der Waals surface area contributed by atoms with Gasteiger partial charge in [-0.1, -0.05) is 0 Å². The molecule has 0 saturated heterocycles. The summed E-state index contributed by atoms with van der Waals surface area (Å²) in [6, 6.07) is 6.59. The number of hydrogen-bond donors (Lipinski definition) is 0. The third-order valence-electron chi connectivity index (χ3n) is 2.50. The first kappa shape index (κ1) is 13.3. The van der Waals surface area contributed by atoms with Crippen LogP contribution in [0.5, 0.6) is 0 Å². The molecule has 6 nitrogen and oxygen atoms in total. The molecule has 102 valence electrons. The predicted octanol–water partition coefficient (Wildman–Crippen LogP) is 3.06. The van der Waals surface area contributed by atoms with Gasteiger partial charge in [0.1, 0.15) is 6.54 Å². The van der Waals surface area contributed by atoms with Crippen LogP contribution in [0, 0.1) is 0 Å². The number of hydrogen-bond acceptors (Lipinski definition) is 5. The number of halogens is 2. The quantitative estimate of drug-likeness (QED) is 0.675. The molecule has 0 aliphatic carbocycles. The van der Waals surface area contributed by atoms with Gasteiger partial charge in [0.2, 0.25) is 5.89 Å². The summed E-state index contributed by atoms with van der Waals surface area (Å²) in [6.07, 6.45) is 1.66. The monoisotopic (exact) mass is 399 g/mol. The van der Waals surface area contributed by atoms with Crippen LogP contribution in [-0.4, -0.2) is 14.8 Å². The van der Waals surface area contributed by atoms with Crippen LogP contribution in [-0.2, 0) is 6.54 Å². The molecule has 0 spiro atoms. The third-order valence-corrected chi connectivity index (χ3v) is 3.40. The summed E-state index contributed by atoms with van der Waals surface area (Å²) in [5.74, 6) is 1.07. The third kappa shape index (κ3) is 2.75. The molecule has 0 aromatic carbocycles. The van der Waals surface area contributed by atoms with Crippen LogP contribution in [0.3, 0.4) is 0 Å². The maximum Gasteiger partial charge on any atom is 0.283 e. The van der Waals surface area contributed by atoms with Gasteiger partial charge in [0.15, 0.2) is 10.4 Å². The Morgan fingerprint density at radius 1 is 1.10 bits per heavy atom. The molecule has 3 heterocycles. The van der Waals surface area contributed by atoms with Gasteiger partial charge in [-0.05, 0) is 50.1 Å². The van der Waals surface area contributed by atoms with Gasteiger partial charge in [-0.15, -0.1) is 10.2 Å². The van der Waals surface area contributed by atoms with Crippen molar-refractivity contribution in [1.82, 2.24) is 14.8 Å². The van der Waals surface area contributed by atoms with Gasteiger partial charge in [-0.2, -0.15) is 0 Å². The molecule has 3 aromatic rings. The molecule has 8 heteroatoms.